The van der Waals surface area contributed by atoms with Crippen LogP contribution in [0.3, 0.4) is 0 Å². The molecule has 2 N–H and O–H groups in total. The molecule has 0 aromatic heterocycles. The van der Waals surface area contributed by atoms with Crippen LogP contribution in [0.5, 0.6) is 0 Å². The van der Waals surface area contributed by atoms with Gasteiger partial charge in [0.1, 0.15) is 0 Å². The molecule has 0 spiro atoms. The summed E-state index contributed by atoms with van der Waals surface area (Å²) in [5.74, 6) is 1.37. The summed E-state index contributed by atoms with van der Waals surface area (Å²) in [6, 6.07) is 0. The van der Waals surface area contributed by atoms with Crippen LogP contribution < -0.4 is 0 Å². The number of hydrogen-bond acceptors (Lipinski definition) is 2. The smallest absolute Gasteiger partial charge is 0.0799 e. The van der Waals surface area contributed by atoms with Gasteiger partial charge >= 0.3 is 0 Å². The molecule has 2 nitrogen and oxygen atoms in total. The monoisotopic (exact) mass is 172 g/mol. The third-order valence-electron chi connectivity index (χ3n) is 3.05. The first-order valence-electron chi connectivity index (χ1n) is 4.97. The number of aliphatic hydroxyl groups excluding tert-OH is 2. The van der Waals surface area contributed by atoms with Crippen LogP contribution in [0, 0.1) is 11.8 Å². The van der Waals surface area contributed by atoms with Crippen LogP contribution >= 0.6 is 0 Å². The first-order valence-corrected chi connectivity index (χ1v) is 4.97. The zero-order chi connectivity index (χ0) is 9.14. The summed E-state index contributed by atoms with van der Waals surface area (Å²) < 4.78 is 0. The molecule has 0 aliphatic heterocycles. The third-order valence-corrected chi connectivity index (χ3v) is 3.05. The van der Waals surface area contributed by atoms with Gasteiger partial charge in [0.25, 0.3) is 0 Å². The van der Waals surface area contributed by atoms with E-state index in [0.29, 0.717) is 11.8 Å². The average molecular weight is 172 g/mol. The highest BCUT2D eigenvalue weighted by molar-refractivity contribution is 4.77. The normalized spacial score (nSPS) is 38.2. The molecule has 0 bridgehead atoms. The van der Waals surface area contributed by atoms with Gasteiger partial charge in [-0.2, -0.15) is 0 Å². The fourth-order valence-corrected chi connectivity index (χ4v) is 1.97. The summed E-state index contributed by atoms with van der Waals surface area (Å²) in [6.07, 6.45) is 2.71. The van der Waals surface area contributed by atoms with Gasteiger partial charge < -0.3 is 10.2 Å². The molecule has 0 heterocycles. The van der Waals surface area contributed by atoms with Crippen LogP contribution in [-0.4, -0.2) is 22.4 Å². The fraction of sp³-hybridized carbons (Fsp3) is 1.00. The second-order valence-electron chi connectivity index (χ2n) is 4.29. The summed E-state index contributed by atoms with van der Waals surface area (Å²) in [5.41, 5.74) is 0. The van der Waals surface area contributed by atoms with E-state index in [9.17, 15) is 10.2 Å². The highest BCUT2D eigenvalue weighted by atomic mass is 16.3. The minimum atomic E-state index is -0.478. The maximum atomic E-state index is 9.41. The molecule has 0 aromatic rings. The van der Waals surface area contributed by atoms with E-state index in [2.05, 4.69) is 13.8 Å². The van der Waals surface area contributed by atoms with Crippen LogP contribution in [0.4, 0.5) is 0 Å². The van der Waals surface area contributed by atoms with Crippen LogP contribution in [0.15, 0.2) is 0 Å². The van der Waals surface area contributed by atoms with Crippen molar-refractivity contribution < 1.29 is 10.2 Å². The lowest BCUT2D eigenvalue weighted by Gasteiger charge is -2.17. The van der Waals surface area contributed by atoms with Crippen molar-refractivity contribution in [1.82, 2.24) is 0 Å². The molecular formula is C10H20O2. The van der Waals surface area contributed by atoms with Crippen molar-refractivity contribution in [3.63, 3.8) is 0 Å². The lowest BCUT2D eigenvalue weighted by Crippen LogP contribution is -2.23. The van der Waals surface area contributed by atoms with Gasteiger partial charge in [-0.25, -0.2) is 0 Å². The summed E-state index contributed by atoms with van der Waals surface area (Å²) >= 11 is 0. The lowest BCUT2D eigenvalue weighted by molar-refractivity contribution is 0.0157. The van der Waals surface area contributed by atoms with Gasteiger partial charge in [-0.1, -0.05) is 13.8 Å². The Bertz CT molecular complexity index is 122. The zero-order valence-corrected chi connectivity index (χ0v) is 8.03. The van der Waals surface area contributed by atoms with E-state index in [1.54, 1.807) is 0 Å². The van der Waals surface area contributed by atoms with E-state index < -0.39 is 12.2 Å². The first kappa shape index (κ1) is 10.0. The summed E-state index contributed by atoms with van der Waals surface area (Å²) in [4.78, 5) is 0. The van der Waals surface area contributed by atoms with Gasteiger partial charge in [0.15, 0.2) is 0 Å². The molecule has 12 heavy (non-hydrogen) atoms. The Hall–Kier alpha value is -0.0800. The van der Waals surface area contributed by atoms with Crippen LogP contribution in [-0.2, 0) is 0 Å². The topological polar surface area (TPSA) is 40.5 Å². The number of hydrogen-bond donors (Lipinski definition) is 2. The van der Waals surface area contributed by atoms with E-state index in [4.69, 9.17) is 0 Å². The molecule has 1 fully saturated rings. The van der Waals surface area contributed by atoms with Crippen molar-refractivity contribution in [3.05, 3.63) is 0 Å². The predicted octanol–water partition coefficient (Wildman–Crippen LogP) is 1.55. The van der Waals surface area contributed by atoms with Gasteiger partial charge in [0.2, 0.25) is 0 Å². The first-order chi connectivity index (χ1) is 5.61. The molecule has 0 saturated heterocycles. The molecule has 1 saturated carbocycles. The molecule has 0 amide bonds. The van der Waals surface area contributed by atoms with Crippen molar-refractivity contribution in [2.75, 3.05) is 0 Å². The Balaban J connectivity index is 2.44. The minimum absolute atomic E-state index is 0.478. The Labute approximate surface area is 74.6 Å². The van der Waals surface area contributed by atoms with Crippen molar-refractivity contribution in [1.29, 1.82) is 0 Å². The standard InChI is InChI=1S/C10H20O2/c1-7(2)8-3-5-9(11)10(12)6-4-8/h7-12H,3-6H2,1-2H3/t8?,9-,10+. The highest BCUT2D eigenvalue weighted by Gasteiger charge is 2.25. The van der Waals surface area contributed by atoms with E-state index in [-0.39, 0.29) is 0 Å². The van der Waals surface area contributed by atoms with E-state index >= 15 is 0 Å². The fourth-order valence-electron chi connectivity index (χ4n) is 1.97. The van der Waals surface area contributed by atoms with Gasteiger partial charge in [-0.15, -0.1) is 0 Å². The van der Waals surface area contributed by atoms with Crippen molar-refractivity contribution in [2.45, 2.75) is 51.7 Å². The van der Waals surface area contributed by atoms with Crippen LogP contribution in [0.2, 0.25) is 0 Å². The molecule has 2 heteroatoms. The quantitative estimate of drug-likeness (QED) is 0.589. The molecular weight excluding hydrogens is 152 g/mol. The maximum absolute atomic E-state index is 9.41. The average Bonchev–Trinajstić information content (AvgIpc) is 2.16. The van der Waals surface area contributed by atoms with Crippen molar-refractivity contribution in [3.8, 4) is 0 Å². The number of rotatable bonds is 1. The molecule has 1 aliphatic rings. The van der Waals surface area contributed by atoms with Gasteiger partial charge in [-0.3, -0.25) is 0 Å². The predicted molar refractivity (Wildman–Crippen MR) is 48.8 cm³/mol. The second kappa shape index (κ2) is 4.24. The molecule has 0 aromatic carbocycles. The van der Waals surface area contributed by atoms with E-state index in [1.807, 2.05) is 0 Å². The Morgan fingerprint density at radius 3 is 1.67 bits per heavy atom. The van der Waals surface area contributed by atoms with Gasteiger partial charge in [0.05, 0.1) is 12.2 Å². The van der Waals surface area contributed by atoms with Gasteiger partial charge in [0, 0.05) is 0 Å². The second-order valence-corrected chi connectivity index (χ2v) is 4.29. The minimum Gasteiger partial charge on any atom is -0.390 e. The summed E-state index contributed by atoms with van der Waals surface area (Å²) in [5, 5.41) is 18.8. The Morgan fingerprint density at radius 1 is 0.917 bits per heavy atom. The summed E-state index contributed by atoms with van der Waals surface area (Å²) in [6.45, 7) is 4.43. The Kier molecular flexibility index (Phi) is 3.53. The van der Waals surface area contributed by atoms with Crippen molar-refractivity contribution >= 4 is 0 Å². The largest absolute Gasteiger partial charge is 0.390 e. The van der Waals surface area contributed by atoms with Crippen LogP contribution in [0.1, 0.15) is 39.5 Å². The summed E-state index contributed by atoms with van der Waals surface area (Å²) in [7, 11) is 0. The molecule has 72 valence electrons. The zero-order valence-electron chi connectivity index (χ0n) is 8.03. The van der Waals surface area contributed by atoms with E-state index in [1.165, 1.54) is 0 Å². The lowest BCUT2D eigenvalue weighted by atomic mass is 9.89. The SMILES string of the molecule is CC(C)C1CC[C@@H](O)[C@@H](O)CC1. The molecule has 1 rings (SSSR count). The van der Waals surface area contributed by atoms with Crippen LogP contribution in [0.25, 0.3) is 0 Å². The molecule has 3 atom stereocenters. The molecule has 1 aliphatic carbocycles. The maximum Gasteiger partial charge on any atom is 0.0799 e. The van der Waals surface area contributed by atoms with Crippen molar-refractivity contribution in [2.24, 2.45) is 11.8 Å². The number of aliphatic hydroxyl groups is 2. The Morgan fingerprint density at radius 2 is 1.33 bits per heavy atom. The molecule has 1 unspecified atom stereocenters. The van der Waals surface area contributed by atoms with E-state index in [0.717, 1.165) is 25.7 Å². The highest BCUT2D eigenvalue weighted by Crippen LogP contribution is 2.28. The van der Waals surface area contributed by atoms with Gasteiger partial charge in [-0.05, 0) is 37.5 Å². The molecule has 0 radical (unpaired) electrons. The third kappa shape index (κ3) is 2.46.